The van der Waals surface area contributed by atoms with Gasteiger partial charge in [0.05, 0.1) is 10.6 Å². The normalized spacial score (nSPS) is 11.4. The van der Waals surface area contributed by atoms with Crippen molar-refractivity contribution in [2.24, 2.45) is 0 Å². The van der Waals surface area contributed by atoms with Crippen LogP contribution in [0.4, 0.5) is 5.69 Å². The SMILES string of the molecule is Cc1ccc(-c2nnc(SCC(=O)Nc3cccc(S(C)(=O)=O)c3)o2)cc1C. The summed E-state index contributed by atoms with van der Waals surface area (Å²) in [7, 11) is -3.34. The highest BCUT2D eigenvalue weighted by Crippen LogP contribution is 2.25. The molecule has 1 aromatic heterocycles. The summed E-state index contributed by atoms with van der Waals surface area (Å²) in [5.74, 6) is 0.144. The number of amides is 1. The standard InChI is InChI=1S/C19H19N3O4S2/c1-12-7-8-14(9-13(12)2)18-21-22-19(26-18)27-11-17(23)20-15-5-4-6-16(10-15)28(3,24)25/h4-10H,11H2,1-3H3,(H,20,23). The number of benzene rings is 2. The second-order valence-corrected chi connectivity index (χ2v) is 9.25. The number of nitrogens with one attached hydrogen (secondary N) is 1. The molecule has 0 radical (unpaired) electrons. The van der Waals surface area contributed by atoms with Crippen LogP contribution in [0.5, 0.6) is 0 Å². The van der Waals surface area contributed by atoms with Crippen LogP contribution in [-0.4, -0.2) is 36.5 Å². The third-order valence-corrected chi connectivity index (χ3v) is 5.96. The van der Waals surface area contributed by atoms with Crippen molar-refractivity contribution < 1.29 is 17.6 Å². The summed E-state index contributed by atoms with van der Waals surface area (Å²) in [6.07, 6.45) is 1.12. The zero-order chi connectivity index (χ0) is 20.3. The van der Waals surface area contributed by atoms with Gasteiger partial charge < -0.3 is 9.73 Å². The largest absolute Gasteiger partial charge is 0.411 e. The van der Waals surface area contributed by atoms with Crippen molar-refractivity contribution in [1.82, 2.24) is 10.2 Å². The highest BCUT2D eigenvalue weighted by molar-refractivity contribution is 7.99. The Kier molecular flexibility index (Phi) is 5.85. The average Bonchev–Trinajstić information content (AvgIpc) is 3.11. The van der Waals surface area contributed by atoms with E-state index in [0.717, 1.165) is 29.1 Å². The summed E-state index contributed by atoms with van der Waals surface area (Å²) in [6, 6.07) is 12.0. The van der Waals surface area contributed by atoms with E-state index in [-0.39, 0.29) is 21.8 Å². The molecule has 0 aliphatic rings. The van der Waals surface area contributed by atoms with Gasteiger partial charge in [0, 0.05) is 17.5 Å². The first-order valence-electron chi connectivity index (χ1n) is 8.36. The number of anilines is 1. The summed E-state index contributed by atoms with van der Waals surface area (Å²) in [6.45, 7) is 4.03. The van der Waals surface area contributed by atoms with Crippen molar-refractivity contribution >= 4 is 33.2 Å². The molecule has 0 unspecified atom stereocenters. The number of aromatic nitrogens is 2. The van der Waals surface area contributed by atoms with Gasteiger partial charge in [0.2, 0.25) is 11.8 Å². The number of thioether (sulfide) groups is 1. The minimum atomic E-state index is -3.34. The molecule has 146 valence electrons. The summed E-state index contributed by atoms with van der Waals surface area (Å²) in [4.78, 5) is 12.3. The van der Waals surface area contributed by atoms with Crippen LogP contribution in [0.2, 0.25) is 0 Å². The van der Waals surface area contributed by atoms with Crippen molar-refractivity contribution in [3.05, 3.63) is 53.6 Å². The highest BCUT2D eigenvalue weighted by Gasteiger charge is 2.13. The average molecular weight is 418 g/mol. The third kappa shape index (κ3) is 4.99. The van der Waals surface area contributed by atoms with Crippen LogP contribution in [0.3, 0.4) is 0 Å². The number of aryl methyl sites for hydroxylation is 2. The molecule has 1 N–H and O–H groups in total. The zero-order valence-corrected chi connectivity index (χ0v) is 17.2. The van der Waals surface area contributed by atoms with Crippen molar-refractivity contribution in [1.29, 1.82) is 0 Å². The minimum absolute atomic E-state index is 0.0532. The summed E-state index contributed by atoms with van der Waals surface area (Å²) in [5, 5.41) is 10.9. The minimum Gasteiger partial charge on any atom is -0.411 e. The van der Waals surface area contributed by atoms with Crippen molar-refractivity contribution in [2.75, 3.05) is 17.3 Å². The van der Waals surface area contributed by atoms with Gasteiger partial charge in [-0.15, -0.1) is 10.2 Å². The van der Waals surface area contributed by atoms with Gasteiger partial charge in [-0.3, -0.25) is 4.79 Å². The predicted molar refractivity (Wildman–Crippen MR) is 108 cm³/mol. The fraction of sp³-hybridized carbons (Fsp3) is 0.211. The first kappa shape index (κ1) is 20.1. The number of nitrogens with zero attached hydrogens (tertiary/aromatic N) is 2. The molecule has 7 nitrogen and oxygen atoms in total. The van der Waals surface area contributed by atoms with E-state index in [0.29, 0.717) is 11.6 Å². The van der Waals surface area contributed by atoms with Gasteiger partial charge >= 0.3 is 0 Å². The molecular weight excluding hydrogens is 398 g/mol. The molecule has 3 rings (SSSR count). The summed E-state index contributed by atoms with van der Waals surface area (Å²) >= 11 is 1.11. The Morgan fingerprint density at radius 2 is 1.89 bits per heavy atom. The summed E-state index contributed by atoms with van der Waals surface area (Å²) < 4.78 is 28.8. The van der Waals surface area contributed by atoms with Crippen LogP contribution in [0.25, 0.3) is 11.5 Å². The molecule has 2 aromatic carbocycles. The fourth-order valence-corrected chi connectivity index (χ4v) is 3.62. The van der Waals surface area contributed by atoms with Crippen molar-refractivity contribution in [3.8, 4) is 11.5 Å². The van der Waals surface area contributed by atoms with Crippen LogP contribution in [0, 0.1) is 13.8 Å². The fourth-order valence-electron chi connectivity index (χ4n) is 2.39. The predicted octanol–water partition coefficient (Wildman–Crippen LogP) is 3.49. The molecule has 28 heavy (non-hydrogen) atoms. The quantitative estimate of drug-likeness (QED) is 0.613. The molecule has 0 spiro atoms. The van der Waals surface area contributed by atoms with Gasteiger partial charge in [-0.1, -0.05) is 23.9 Å². The van der Waals surface area contributed by atoms with Crippen LogP contribution in [-0.2, 0) is 14.6 Å². The van der Waals surface area contributed by atoms with E-state index in [1.165, 1.54) is 17.7 Å². The van der Waals surface area contributed by atoms with E-state index < -0.39 is 9.84 Å². The molecule has 0 aliphatic carbocycles. The van der Waals surface area contributed by atoms with Gasteiger partial charge in [-0.25, -0.2) is 8.42 Å². The van der Waals surface area contributed by atoms with Gasteiger partial charge in [-0.2, -0.15) is 0 Å². The number of hydrogen-bond acceptors (Lipinski definition) is 7. The van der Waals surface area contributed by atoms with E-state index in [2.05, 4.69) is 15.5 Å². The second kappa shape index (κ2) is 8.15. The molecular formula is C19H19N3O4S2. The molecule has 9 heteroatoms. The maximum absolute atomic E-state index is 12.1. The van der Waals surface area contributed by atoms with Gasteiger partial charge in [0.15, 0.2) is 9.84 Å². The van der Waals surface area contributed by atoms with E-state index in [1.54, 1.807) is 12.1 Å². The van der Waals surface area contributed by atoms with Crippen LogP contribution in [0.15, 0.2) is 57.0 Å². The van der Waals surface area contributed by atoms with Gasteiger partial charge in [-0.05, 0) is 55.3 Å². The number of hydrogen-bond donors (Lipinski definition) is 1. The Balaban J connectivity index is 1.61. The lowest BCUT2D eigenvalue weighted by Gasteiger charge is -2.05. The Morgan fingerprint density at radius 1 is 1.11 bits per heavy atom. The smallest absolute Gasteiger partial charge is 0.277 e. The number of rotatable bonds is 6. The topological polar surface area (TPSA) is 102 Å². The molecule has 0 saturated heterocycles. The zero-order valence-electron chi connectivity index (χ0n) is 15.6. The molecule has 0 bridgehead atoms. The van der Waals surface area contributed by atoms with Crippen LogP contribution in [0.1, 0.15) is 11.1 Å². The van der Waals surface area contributed by atoms with E-state index in [9.17, 15) is 13.2 Å². The molecule has 0 aliphatic heterocycles. The Labute approximate surface area is 167 Å². The first-order valence-corrected chi connectivity index (χ1v) is 11.2. The lowest BCUT2D eigenvalue weighted by atomic mass is 10.1. The van der Waals surface area contributed by atoms with Crippen molar-refractivity contribution in [3.63, 3.8) is 0 Å². The Bertz CT molecular complexity index is 1120. The van der Waals surface area contributed by atoms with E-state index >= 15 is 0 Å². The van der Waals surface area contributed by atoms with Crippen molar-refractivity contribution in [2.45, 2.75) is 24.0 Å². The van der Waals surface area contributed by atoms with E-state index in [4.69, 9.17) is 4.42 Å². The highest BCUT2D eigenvalue weighted by atomic mass is 32.2. The van der Waals surface area contributed by atoms with Gasteiger partial charge in [0.1, 0.15) is 0 Å². The molecule has 1 heterocycles. The lowest BCUT2D eigenvalue weighted by molar-refractivity contribution is -0.113. The van der Waals surface area contributed by atoms with Crippen LogP contribution < -0.4 is 5.32 Å². The van der Waals surface area contributed by atoms with Gasteiger partial charge in [0.25, 0.3) is 5.22 Å². The molecule has 0 saturated carbocycles. The number of carbonyl (C=O) groups excluding carboxylic acids is 1. The number of sulfone groups is 1. The van der Waals surface area contributed by atoms with Crippen LogP contribution >= 0.6 is 11.8 Å². The second-order valence-electron chi connectivity index (χ2n) is 6.31. The third-order valence-electron chi connectivity index (χ3n) is 4.03. The maximum Gasteiger partial charge on any atom is 0.277 e. The molecule has 1 amide bonds. The molecule has 0 atom stereocenters. The maximum atomic E-state index is 12.1. The number of carbonyl (C=O) groups is 1. The van der Waals surface area contributed by atoms with E-state index in [1.807, 2.05) is 32.0 Å². The summed E-state index contributed by atoms with van der Waals surface area (Å²) in [5.41, 5.74) is 3.54. The Hall–Kier alpha value is -2.65. The first-order chi connectivity index (χ1) is 13.2. The molecule has 3 aromatic rings. The lowest BCUT2D eigenvalue weighted by Crippen LogP contribution is -2.14. The monoisotopic (exact) mass is 417 g/mol. The molecule has 0 fully saturated rings. The Morgan fingerprint density at radius 3 is 2.61 bits per heavy atom.